The van der Waals surface area contributed by atoms with Crippen molar-refractivity contribution in [2.24, 2.45) is 0 Å². The second kappa shape index (κ2) is 9.48. The third-order valence-corrected chi connectivity index (χ3v) is 4.13. The van der Waals surface area contributed by atoms with Crippen molar-refractivity contribution in [3.8, 4) is 0 Å². The number of amides is 1. The summed E-state index contributed by atoms with van der Waals surface area (Å²) in [7, 11) is 0. The van der Waals surface area contributed by atoms with Crippen molar-refractivity contribution >= 4 is 46.1 Å². The molecule has 0 atom stereocenters. The average molecular weight is 336 g/mol. The zero-order valence-corrected chi connectivity index (χ0v) is 14.7. The number of thioether (sulfide) groups is 1. The van der Waals surface area contributed by atoms with Gasteiger partial charge in [0, 0.05) is 19.2 Å². The Kier molecular flexibility index (Phi) is 7.98. The lowest BCUT2D eigenvalue weighted by Crippen LogP contribution is -2.29. The smallest absolute Gasteiger partial charge is 0.266 e. The van der Waals surface area contributed by atoms with Gasteiger partial charge in [-0.1, -0.05) is 43.9 Å². The normalized spacial score (nSPS) is 15.8. The first-order chi connectivity index (χ1) is 10.6. The molecular weight excluding hydrogens is 316 g/mol. The Morgan fingerprint density at radius 3 is 2.73 bits per heavy atom. The van der Waals surface area contributed by atoms with Gasteiger partial charge in [0.15, 0.2) is 0 Å². The molecule has 0 aromatic carbocycles. The average Bonchev–Trinajstić information content (AvgIpc) is 2.77. The molecule has 0 unspecified atom stereocenters. The second-order valence-corrected chi connectivity index (χ2v) is 6.07. The fourth-order valence-corrected chi connectivity index (χ4v) is 3.07. The van der Waals surface area contributed by atoms with Crippen LogP contribution in [0.25, 0.3) is 6.08 Å². The van der Waals surface area contributed by atoms with Crippen LogP contribution in [0.2, 0.25) is 0 Å². The Labute approximate surface area is 141 Å². The molecular formula is C16H20N2O2S2. The molecule has 1 aliphatic heterocycles. The molecule has 1 fully saturated rings. The lowest BCUT2D eigenvalue weighted by atomic mass is 10.2. The summed E-state index contributed by atoms with van der Waals surface area (Å²) in [5.74, 6) is 0.0219. The van der Waals surface area contributed by atoms with Crippen LogP contribution in [-0.4, -0.2) is 32.4 Å². The zero-order valence-electron chi connectivity index (χ0n) is 13.0. The summed E-state index contributed by atoms with van der Waals surface area (Å²) >= 11 is 6.49. The summed E-state index contributed by atoms with van der Waals surface area (Å²) in [5.41, 5.74) is 0.733. The summed E-state index contributed by atoms with van der Waals surface area (Å²) in [4.78, 5) is 29.5. The number of nitrogens with zero attached hydrogens (tertiary/aromatic N) is 2. The highest BCUT2D eigenvalue weighted by atomic mass is 32.2. The number of rotatable bonds is 5. The zero-order chi connectivity index (χ0) is 16.5. The van der Waals surface area contributed by atoms with Crippen molar-refractivity contribution in [2.45, 2.75) is 33.6 Å². The number of hydrogen-bond acceptors (Lipinski definition) is 5. The van der Waals surface area contributed by atoms with E-state index in [0.717, 1.165) is 5.69 Å². The van der Waals surface area contributed by atoms with Crippen molar-refractivity contribution in [1.29, 1.82) is 0 Å². The highest BCUT2D eigenvalue weighted by Gasteiger charge is 2.31. The summed E-state index contributed by atoms with van der Waals surface area (Å²) in [6.45, 7) is 6.04. The molecule has 1 aromatic heterocycles. The van der Waals surface area contributed by atoms with E-state index in [1.54, 1.807) is 24.1 Å². The molecule has 1 aromatic rings. The van der Waals surface area contributed by atoms with E-state index in [2.05, 4.69) is 4.98 Å². The van der Waals surface area contributed by atoms with E-state index in [-0.39, 0.29) is 11.7 Å². The van der Waals surface area contributed by atoms with Gasteiger partial charge >= 0.3 is 0 Å². The van der Waals surface area contributed by atoms with E-state index < -0.39 is 0 Å². The molecule has 6 heteroatoms. The maximum Gasteiger partial charge on any atom is 0.266 e. The molecule has 0 bridgehead atoms. The molecule has 1 aliphatic rings. The Hall–Kier alpha value is -1.53. The van der Waals surface area contributed by atoms with Crippen molar-refractivity contribution in [3.63, 3.8) is 0 Å². The third-order valence-electron chi connectivity index (χ3n) is 2.75. The fraction of sp³-hybridized carbons (Fsp3) is 0.375. The molecule has 0 N–H and O–H groups in total. The predicted octanol–water partition coefficient (Wildman–Crippen LogP) is 3.68. The van der Waals surface area contributed by atoms with Crippen LogP contribution >= 0.6 is 24.0 Å². The molecule has 0 radical (unpaired) electrons. The topological polar surface area (TPSA) is 50.3 Å². The summed E-state index contributed by atoms with van der Waals surface area (Å²) < 4.78 is 0.542. The second-order valence-electron chi connectivity index (χ2n) is 4.39. The number of Topliss-reactive ketones (excluding diaryl/α,β-unsaturated/α-hetero) is 1. The summed E-state index contributed by atoms with van der Waals surface area (Å²) in [6, 6.07) is 5.53. The van der Waals surface area contributed by atoms with Crippen molar-refractivity contribution in [3.05, 3.63) is 35.0 Å². The van der Waals surface area contributed by atoms with Gasteiger partial charge in [0.1, 0.15) is 10.1 Å². The monoisotopic (exact) mass is 336 g/mol. The first kappa shape index (κ1) is 18.5. The van der Waals surface area contributed by atoms with E-state index in [0.29, 0.717) is 28.6 Å². The summed E-state index contributed by atoms with van der Waals surface area (Å²) in [5, 5.41) is 0. The maximum absolute atomic E-state index is 12.2. The predicted molar refractivity (Wildman–Crippen MR) is 95.4 cm³/mol. The first-order valence-electron chi connectivity index (χ1n) is 7.24. The number of hydrogen-bond donors (Lipinski definition) is 0. The van der Waals surface area contributed by atoms with E-state index in [1.165, 1.54) is 11.8 Å². The van der Waals surface area contributed by atoms with Gasteiger partial charge in [-0.05, 0) is 31.6 Å². The minimum Gasteiger partial charge on any atom is -0.300 e. The van der Waals surface area contributed by atoms with Crippen molar-refractivity contribution in [1.82, 2.24) is 9.88 Å². The molecule has 118 valence electrons. The lowest BCUT2D eigenvalue weighted by Gasteiger charge is -2.13. The van der Waals surface area contributed by atoms with Crippen LogP contribution in [0.5, 0.6) is 0 Å². The van der Waals surface area contributed by atoms with Gasteiger partial charge in [0.25, 0.3) is 5.91 Å². The third kappa shape index (κ3) is 5.35. The Morgan fingerprint density at radius 2 is 2.14 bits per heavy atom. The molecule has 1 saturated heterocycles. The number of aromatic nitrogens is 1. The number of thiocarbonyl (C=S) groups is 1. The summed E-state index contributed by atoms with van der Waals surface area (Å²) in [6.07, 6.45) is 4.53. The number of pyridine rings is 1. The minimum atomic E-state index is -0.103. The number of carbonyl (C=O) groups excluding carboxylic acids is 2. The van der Waals surface area contributed by atoms with E-state index >= 15 is 0 Å². The van der Waals surface area contributed by atoms with Gasteiger partial charge in [-0.15, -0.1) is 0 Å². The van der Waals surface area contributed by atoms with Crippen LogP contribution in [0.4, 0.5) is 0 Å². The first-order valence-corrected chi connectivity index (χ1v) is 8.46. The van der Waals surface area contributed by atoms with Gasteiger partial charge in [-0.25, -0.2) is 0 Å². The lowest BCUT2D eigenvalue weighted by molar-refractivity contribution is -0.123. The number of carbonyl (C=O) groups is 2. The van der Waals surface area contributed by atoms with Crippen LogP contribution in [0, 0.1) is 0 Å². The van der Waals surface area contributed by atoms with Crippen LogP contribution in [0.3, 0.4) is 0 Å². The Bertz CT molecular complexity index is 571. The van der Waals surface area contributed by atoms with E-state index in [1.807, 2.05) is 32.0 Å². The largest absolute Gasteiger partial charge is 0.300 e. The molecule has 0 aliphatic carbocycles. The van der Waals surface area contributed by atoms with Gasteiger partial charge in [0.05, 0.1) is 10.6 Å². The quantitative estimate of drug-likeness (QED) is 0.606. The number of ketones is 1. The minimum absolute atomic E-state index is 0.103. The molecule has 2 heterocycles. The van der Waals surface area contributed by atoms with Crippen LogP contribution in [-0.2, 0) is 9.59 Å². The molecule has 22 heavy (non-hydrogen) atoms. The van der Waals surface area contributed by atoms with Crippen LogP contribution < -0.4 is 0 Å². The molecule has 1 amide bonds. The van der Waals surface area contributed by atoms with Crippen molar-refractivity contribution in [2.75, 3.05) is 6.54 Å². The highest BCUT2D eigenvalue weighted by molar-refractivity contribution is 8.26. The van der Waals surface area contributed by atoms with Crippen molar-refractivity contribution < 1.29 is 9.59 Å². The van der Waals surface area contributed by atoms with Crippen LogP contribution in [0.15, 0.2) is 29.3 Å². The Balaban J connectivity index is 0.00000116. The molecule has 0 spiro atoms. The molecule has 2 rings (SSSR count). The van der Waals surface area contributed by atoms with Gasteiger partial charge < -0.3 is 4.79 Å². The van der Waals surface area contributed by atoms with Gasteiger partial charge in [0.2, 0.25) is 0 Å². The van der Waals surface area contributed by atoms with Crippen LogP contribution in [0.1, 0.15) is 39.3 Å². The SMILES string of the molecule is CC.CC(=O)CCCN1C(=O)/C(=C/c2ccccn2)SC1=S. The van der Waals surface area contributed by atoms with Gasteiger partial charge in [-0.2, -0.15) is 0 Å². The molecule has 0 saturated carbocycles. The Morgan fingerprint density at radius 1 is 1.41 bits per heavy atom. The molecule has 4 nitrogen and oxygen atoms in total. The van der Waals surface area contributed by atoms with Gasteiger partial charge in [-0.3, -0.25) is 14.7 Å². The van der Waals surface area contributed by atoms with E-state index in [4.69, 9.17) is 12.2 Å². The standard InChI is InChI=1S/C14H14N2O2S2.C2H6/c1-10(17)5-4-8-16-13(18)12(20-14(16)19)9-11-6-2-3-7-15-11;1-2/h2-3,6-7,9H,4-5,8H2,1H3;1-2H3/b12-9-;. The fourth-order valence-electron chi connectivity index (χ4n) is 1.77. The maximum atomic E-state index is 12.2. The van der Waals surface area contributed by atoms with E-state index in [9.17, 15) is 9.59 Å². The highest BCUT2D eigenvalue weighted by Crippen LogP contribution is 2.32.